The third kappa shape index (κ3) is 5.23. The van der Waals surface area contributed by atoms with Crippen LogP contribution in [0.15, 0.2) is 72.8 Å². The van der Waals surface area contributed by atoms with Gasteiger partial charge in [-0.3, -0.25) is 0 Å². The molecule has 4 heteroatoms. The normalized spacial score (nSPS) is 10.7. The fourth-order valence-corrected chi connectivity index (χ4v) is 10.7. The SMILES string of the molecule is COc1ccccc1[CH2][Sb]([CH2]c1ccccc1OC)[CH2]c1ccccc1OC. The van der Waals surface area contributed by atoms with E-state index in [2.05, 4.69) is 54.6 Å². The van der Waals surface area contributed by atoms with Crippen molar-refractivity contribution in [1.29, 1.82) is 0 Å². The zero-order valence-electron chi connectivity index (χ0n) is 16.7. The monoisotopic (exact) mass is 484 g/mol. The molecule has 0 aliphatic heterocycles. The molecule has 3 rings (SSSR count). The van der Waals surface area contributed by atoms with Crippen molar-refractivity contribution < 1.29 is 14.2 Å². The number of para-hydroxylation sites is 3. The van der Waals surface area contributed by atoms with E-state index in [1.54, 1.807) is 21.3 Å². The van der Waals surface area contributed by atoms with Gasteiger partial charge in [-0.05, 0) is 0 Å². The molecule has 0 aliphatic rings. The molecule has 146 valence electrons. The van der Waals surface area contributed by atoms with Gasteiger partial charge in [-0.25, -0.2) is 0 Å². The molecule has 0 bridgehead atoms. The standard InChI is InChI=1S/3C8H9O.Sb/c3*1-7-5-3-4-6-8(7)9-2;/h3*3-6H,1H2,2H3;. The number of methoxy groups -OCH3 is 3. The summed E-state index contributed by atoms with van der Waals surface area (Å²) in [4.78, 5) is 0. The minimum absolute atomic E-state index is 0.983. The van der Waals surface area contributed by atoms with Gasteiger partial charge in [0.25, 0.3) is 0 Å². The predicted octanol–water partition coefficient (Wildman–Crippen LogP) is 4.85. The second kappa shape index (κ2) is 10.4. The Morgan fingerprint density at radius 2 is 0.786 bits per heavy atom. The Hall–Kier alpha value is -2.12. The summed E-state index contributed by atoms with van der Waals surface area (Å²) in [5.74, 6) is 2.95. The summed E-state index contributed by atoms with van der Waals surface area (Å²) in [6, 6.07) is 25.1. The zero-order valence-corrected chi connectivity index (χ0v) is 19.3. The summed E-state index contributed by atoms with van der Waals surface area (Å²) in [7, 11) is 5.25. The number of hydrogen-bond donors (Lipinski definition) is 0. The molecule has 28 heavy (non-hydrogen) atoms. The molecule has 0 N–H and O–H groups in total. The van der Waals surface area contributed by atoms with Crippen LogP contribution in [0.4, 0.5) is 0 Å². The van der Waals surface area contributed by atoms with Crippen LogP contribution in [0, 0.1) is 0 Å². The van der Waals surface area contributed by atoms with Crippen LogP contribution < -0.4 is 14.2 Å². The molecule has 0 aromatic heterocycles. The van der Waals surface area contributed by atoms with Gasteiger partial charge >= 0.3 is 176 Å². The molecule has 0 fully saturated rings. The van der Waals surface area contributed by atoms with Gasteiger partial charge < -0.3 is 0 Å². The fraction of sp³-hybridized carbons (Fsp3) is 0.250. The van der Waals surface area contributed by atoms with E-state index in [1.807, 2.05) is 18.2 Å². The Kier molecular flexibility index (Phi) is 7.68. The first-order valence-electron chi connectivity index (χ1n) is 9.33. The van der Waals surface area contributed by atoms with Gasteiger partial charge in [-0.15, -0.1) is 0 Å². The average Bonchev–Trinajstić information content (AvgIpc) is 2.75. The minimum atomic E-state index is -1.81. The van der Waals surface area contributed by atoms with Crippen molar-refractivity contribution in [2.45, 2.75) is 13.1 Å². The van der Waals surface area contributed by atoms with Gasteiger partial charge in [0.15, 0.2) is 0 Å². The Bertz CT molecular complexity index is 777. The van der Waals surface area contributed by atoms with Crippen LogP contribution >= 0.6 is 0 Å². The van der Waals surface area contributed by atoms with Gasteiger partial charge in [0.1, 0.15) is 0 Å². The molecule has 0 saturated carbocycles. The van der Waals surface area contributed by atoms with Crippen molar-refractivity contribution >= 4 is 20.2 Å². The third-order valence-electron chi connectivity index (χ3n) is 4.76. The Morgan fingerprint density at radius 1 is 0.500 bits per heavy atom. The number of hydrogen-bond acceptors (Lipinski definition) is 3. The Labute approximate surface area is 175 Å². The Morgan fingerprint density at radius 3 is 1.07 bits per heavy atom. The van der Waals surface area contributed by atoms with Crippen molar-refractivity contribution in [3.05, 3.63) is 89.5 Å². The van der Waals surface area contributed by atoms with E-state index in [-0.39, 0.29) is 0 Å². The molecule has 0 atom stereocenters. The second-order valence-electron chi connectivity index (χ2n) is 6.58. The molecule has 0 aliphatic carbocycles. The summed E-state index contributed by atoms with van der Waals surface area (Å²) in [5.41, 5.74) is 3.91. The Balaban J connectivity index is 1.91. The zero-order chi connectivity index (χ0) is 19.8. The summed E-state index contributed by atoms with van der Waals surface area (Å²) in [6.45, 7) is 0. The van der Waals surface area contributed by atoms with Gasteiger partial charge in [-0.1, -0.05) is 0 Å². The van der Waals surface area contributed by atoms with Crippen molar-refractivity contribution in [3.8, 4) is 17.2 Å². The van der Waals surface area contributed by atoms with E-state index in [4.69, 9.17) is 14.2 Å². The van der Waals surface area contributed by atoms with Crippen molar-refractivity contribution in [2.75, 3.05) is 21.3 Å². The van der Waals surface area contributed by atoms with Crippen molar-refractivity contribution in [3.63, 3.8) is 0 Å². The average molecular weight is 485 g/mol. The third-order valence-corrected chi connectivity index (χ3v) is 11.5. The molecule has 3 nitrogen and oxygen atoms in total. The number of rotatable bonds is 9. The van der Waals surface area contributed by atoms with Gasteiger partial charge in [0, 0.05) is 0 Å². The topological polar surface area (TPSA) is 27.7 Å². The van der Waals surface area contributed by atoms with E-state index in [0.717, 1.165) is 30.4 Å². The molecule has 3 aromatic rings. The van der Waals surface area contributed by atoms with E-state index >= 15 is 0 Å². The van der Waals surface area contributed by atoms with Crippen LogP contribution in [0.25, 0.3) is 0 Å². The van der Waals surface area contributed by atoms with Gasteiger partial charge in [0.05, 0.1) is 0 Å². The molecule has 0 saturated heterocycles. The summed E-state index contributed by atoms with van der Waals surface area (Å²) in [6.07, 6.45) is 0. The van der Waals surface area contributed by atoms with Gasteiger partial charge in [-0.2, -0.15) is 0 Å². The van der Waals surface area contributed by atoms with E-state index in [0.29, 0.717) is 0 Å². The molecule has 0 spiro atoms. The summed E-state index contributed by atoms with van der Waals surface area (Å²) >= 11 is -1.81. The van der Waals surface area contributed by atoms with Crippen LogP contribution in [0.3, 0.4) is 0 Å². The van der Waals surface area contributed by atoms with Crippen molar-refractivity contribution in [2.24, 2.45) is 0 Å². The van der Waals surface area contributed by atoms with E-state index in [9.17, 15) is 0 Å². The maximum absolute atomic E-state index is 5.62. The van der Waals surface area contributed by atoms with Crippen molar-refractivity contribution in [1.82, 2.24) is 0 Å². The first-order valence-corrected chi connectivity index (χ1v) is 14.7. The van der Waals surface area contributed by atoms with E-state index in [1.165, 1.54) is 16.7 Å². The molecular formula is C24H27O3Sb. The number of ether oxygens (including phenoxy) is 3. The summed E-state index contributed by atoms with van der Waals surface area (Å²) in [5, 5.41) is 0. The quantitative estimate of drug-likeness (QED) is 0.406. The van der Waals surface area contributed by atoms with E-state index < -0.39 is 20.2 Å². The molecular weight excluding hydrogens is 458 g/mol. The second-order valence-corrected chi connectivity index (χ2v) is 13.1. The molecule has 3 aromatic carbocycles. The van der Waals surface area contributed by atoms with Crippen LogP contribution in [0.2, 0.25) is 0 Å². The van der Waals surface area contributed by atoms with Crippen LogP contribution in [0.5, 0.6) is 17.2 Å². The van der Waals surface area contributed by atoms with Crippen LogP contribution in [-0.4, -0.2) is 41.5 Å². The first kappa shape index (κ1) is 20.6. The molecule has 0 heterocycles. The molecule has 0 unspecified atom stereocenters. The summed E-state index contributed by atoms with van der Waals surface area (Å²) < 4.78 is 20.1. The molecule has 0 amide bonds. The van der Waals surface area contributed by atoms with Crippen LogP contribution in [0.1, 0.15) is 16.7 Å². The molecule has 0 radical (unpaired) electrons. The predicted molar refractivity (Wildman–Crippen MR) is 116 cm³/mol. The van der Waals surface area contributed by atoms with Crippen LogP contribution in [-0.2, 0) is 13.1 Å². The van der Waals surface area contributed by atoms with Gasteiger partial charge in [0.2, 0.25) is 0 Å². The number of benzene rings is 3. The maximum atomic E-state index is 5.62. The first-order chi connectivity index (χ1) is 13.7. The fourth-order valence-electron chi connectivity index (χ4n) is 3.39.